The Morgan fingerprint density at radius 3 is 3.40 bits per heavy atom. The average molecular weight is 200 g/mol. The molecular weight excluding hydrogens is 192 g/mol. The molecule has 3 rings (SSSR count). The summed E-state index contributed by atoms with van der Waals surface area (Å²) in [5.41, 5.74) is 0.908. The third-order valence-corrected chi connectivity index (χ3v) is 2.42. The minimum Gasteiger partial charge on any atom is -0.338 e. The number of nitrogens with one attached hydrogen (secondary N) is 2. The molecule has 2 aliphatic heterocycles. The van der Waals surface area contributed by atoms with Crippen molar-refractivity contribution in [1.29, 1.82) is 5.26 Å². The zero-order valence-electron chi connectivity index (χ0n) is 7.81. The number of aliphatic imine (C=N–C) groups is 1. The highest BCUT2D eigenvalue weighted by atomic mass is 15.4. The maximum atomic E-state index is 9.02. The Bertz CT molecular complexity index is 491. The zero-order valence-corrected chi connectivity index (χ0v) is 7.81. The zero-order chi connectivity index (χ0) is 10.3. The average Bonchev–Trinajstić information content (AvgIpc) is 2.76. The molecule has 2 N–H and O–H groups in total. The van der Waals surface area contributed by atoms with Crippen LogP contribution in [-0.4, -0.2) is 33.6 Å². The summed E-state index contributed by atoms with van der Waals surface area (Å²) in [7, 11) is 0. The van der Waals surface area contributed by atoms with Crippen LogP contribution >= 0.6 is 0 Å². The first-order valence-electron chi connectivity index (χ1n) is 4.59. The number of aromatic nitrogens is 2. The van der Waals surface area contributed by atoms with Crippen LogP contribution in [0.4, 0.5) is 5.82 Å². The van der Waals surface area contributed by atoms with Gasteiger partial charge in [0.05, 0.1) is 18.3 Å². The number of nitriles is 1. The quantitative estimate of drug-likeness (QED) is 0.629. The van der Waals surface area contributed by atoms with Gasteiger partial charge in [0.25, 0.3) is 0 Å². The largest absolute Gasteiger partial charge is 0.338 e. The van der Waals surface area contributed by atoms with Crippen LogP contribution in [0.3, 0.4) is 0 Å². The number of nitrogens with zero attached hydrogens (tertiary/aromatic N) is 4. The molecular formula is C9H8N6. The number of aromatic amines is 1. The van der Waals surface area contributed by atoms with E-state index in [1.54, 1.807) is 11.1 Å². The van der Waals surface area contributed by atoms with Crippen LogP contribution in [0.2, 0.25) is 0 Å². The second kappa shape index (κ2) is 2.85. The van der Waals surface area contributed by atoms with Gasteiger partial charge < -0.3 is 5.32 Å². The van der Waals surface area contributed by atoms with Gasteiger partial charge in [0.1, 0.15) is 17.7 Å². The molecule has 15 heavy (non-hydrogen) atoms. The van der Waals surface area contributed by atoms with Gasteiger partial charge in [-0.15, -0.1) is 0 Å². The molecule has 1 aromatic heterocycles. The van der Waals surface area contributed by atoms with Crippen molar-refractivity contribution in [3.05, 3.63) is 24.0 Å². The lowest BCUT2D eigenvalue weighted by atomic mass is 10.2. The van der Waals surface area contributed by atoms with E-state index >= 15 is 0 Å². The third kappa shape index (κ3) is 1.03. The molecule has 0 spiro atoms. The first kappa shape index (κ1) is 8.05. The Labute approximate surface area is 85.9 Å². The molecule has 0 aliphatic carbocycles. The standard InChI is InChI=1S/C9H8N6/c10-4-7-13-8-6(5-12-14-8)9-11-2-1-3-15(7)9/h1,3,5,7H,2H2,(H2,12,13,14). The van der Waals surface area contributed by atoms with Crippen LogP contribution < -0.4 is 5.32 Å². The highest BCUT2D eigenvalue weighted by molar-refractivity contribution is 6.05. The molecule has 3 heterocycles. The summed E-state index contributed by atoms with van der Waals surface area (Å²) in [5.74, 6) is 1.55. The van der Waals surface area contributed by atoms with Gasteiger partial charge in [0.15, 0.2) is 6.17 Å². The topological polar surface area (TPSA) is 80.1 Å². The number of rotatable bonds is 0. The molecule has 0 saturated heterocycles. The van der Waals surface area contributed by atoms with E-state index < -0.39 is 6.17 Å². The summed E-state index contributed by atoms with van der Waals surface area (Å²) >= 11 is 0. The predicted octanol–water partition coefficient (Wildman–Crippen LogP) is 0.261. The molecule has 0 aromatic carbocycles. The number of H-pyrrole nitrogens is 1. The lowest BCUT2D eigenvalue weighted by Crippen LogP contribution is -2.46. The predicted molar refractivity (Wildman–Crippen MR) is 54.0 cm³/mol. The van der Waals surface area contributed by atoms with E-state index in [0.717, 1.165) is 17.2 Å². The van der Waals surface area contributed by atoms with E-state index in [1.165, 1.54) is 0 Å². The van der Waals surface area contributed by atoms with Crippen LogP contribution in [0.1, 0.15) is 5.56 Å². The highest BCUT2D eigenvalue weighted by Crippen LogP contribution is 2.24. The minimum atomic E-state index is -0.423. The molecule has 1 atom stereocenters. The molecule has 0 bridgehead atoms. The Balaban J connectivity index is 2.14. The van der Waals surface area contributed by atoms with E-state index in [2.05, 4.69) is 26.6 Å². The van der Waals surface area contributed by atoms with Gasteiger partial charge in [-0.1, -0.05) is 0 Å². The summed E-state index contributed by atoms with van der Waals surface area (Å²) in [6, 6.07) is 2.17. The molecule has 6 heteroatoms. The third-order valence-electron chi connectivity index (χ3n) is 2.42. The molecule has 74 valence electrons. The van der Waals surface area contributed by atoms with Crippen molar-refractivity contribution in [2.24, 2.45) is 4.99 Å². The van der Waals surface area contributed by atoms with E-state index in [9.17, 15) is 0 Å². The van der Waals surface area contributed by atoms with Gasteiger partial charge in [0.2, 0.25) is 0 Å². The van der Waals surface area contributed by atoms with E-state index in [0.29, 0.717) is 6.54 Å². The molecule has 0 amide bonds. The van der Waals surface area contributed by atoms with E-state index in [-0.39, 0.29) is 0 Å². The second-order valence-corrected chi connectivity index (χ2v) is 3.29. The van der Waals surface area contributed by atoms with Crippen LogP contribution in [0.15, 0.2) is 23.5 Å². The van der Waals surface area contributed by atoms with Crippen LogP contribution in [0.5, 0.6) is 0 Å². The Hall–Kier alpha value is -2.29. The Kier molecular flexibility index (Phi) is 1.53. The number of anilines is 1. The monoisotopic (exact) mass is 200 g/mol. The maximum absolute atomic E-state index is 9.02. The van der Waals surface area contributed by atoms with Gasteiger partial charge in [-0.3, -0.25) is 15.0 Å². The van der Waals surface area contributed by atoms with Crippen LogP contribution in [-0.2, 0) is 0 Å². The minimum absolute atomic E-state index is 0.423. The lowest BCUT2D eigenvalue weighted by molar-refractivity contribution is 0.499. The summed E-state index contributed by atoms with van der Waals surface area (Å²) in [6.07, 6.45) is 5.08. The fourth-order valence-electron chi connectivity index (χ4n) is 1.75. The van der Waals surface area contributed by atoms with Gasteiger partial charge in [0, 0.05) is 6.20 Å². The van der Waals surface area contributed by atoms with Gasteiger partial charge >= 0.3 is 0 Å². The van der Waals surface area contributed by atoms with Gasteiger partial charge in [-0.05, 0) is 6.08 Å². The number of hydrogen-bond donors (Lipinski definition) is 2. The molecule has 0 saturated carbocycles. The number of amidine groups is 1. The molecule has 6 nitrogen and oxygen atoms in total. The maximum Gasteiger partial charge on any atom is 0.195 e. The highest BCUT2D eigenvalue weighted by Gasteiger charge is 2.30. The SMILES string of the molecule is N#CC1Nc2[nH]ncc2C2=NCC=CN21. The summed E-state index contributed by atoms with van der Waals surface area (Å²) in [4.78, 5) is 6.17. The van der Waals surface area contributed by atoms with Gasteiger partial charge in [-0.2, -0.15) is 10.4 Å². The fourth-order valence-corrected chi connectivity index (χ4v) is 1.75. The van der Waals surface area contributed by atoms with Crippen molar-refractivity contribution in [2.45, 2.75) is 6.17 Å². The van der Waals surface area contributed by atoms with Gasteiger partial charge in [-0.25, -0.2) is 0 Å². The van der Waals surface area contributed by atoms with Crippen LogP contribution in [0.25, 0.3) is 0 Å². The second-order valence-electron chi connectivity index (χ2n) is 3.29. The first-order chi connectivity index (χ1) is 7.40. The Morgan fingerprint density at radius 2 is 2.53 bits per heavy atom. The molecule has 2 aliphatic rings. The number of hydrogen-bond acceptors (Lipinski definition) is 5. The molecule has 1 aromatic rings. The van der Waals surface area contributed by atoms with Crippen LogP contribution in [0, 0.1) is 11.3 Å². The smallest absolute Gasteiger partial charge is 0.195 e. The van der Waals surface area contributed by atoms with Crippen molar-refractivity contribution in [3.8, 4) is 6.07 Å². The van der Waals surface area contributed by atoms with Crippen molar-refractivity contribution >= 4 is 11.7 Å². The fraction of sp³-hybridized carbons (Fsp3) is 0.222. The summed E-state index contributed by atoms with van der Waals surface area (Å²) < 4.78 is 0. The molecule has 1 unspecified atom stereocenters. The van der Waals surface area contributed by atoms with E-state index in [4.69, 9.17) is 5.26 Å². The molecule has 0 radical (unpaired) electrons. The lowest BCUT2D eigenvalue weighted by Gasteiger charge is -2.33. The Morgan fingerprint density at radius 1 is 1.60 bits per heavy atom. The number of fused-ring (bicyclic) bond motifs is 3. The summed E-state index contributed by atoms with van der Waals surface area (Å²) in [6.45, 7) is 0.647. The first-order valence-corrected chi connectivity index (χ1v) is 4.59. The van der Waals surface area contributed by atoms with Crippen molar-refractivity contribution in [3.63, 3.8) is 0 Å². The van der Waals surface area contributed by atoms with Crippen molar-refractivity contribution in [1.82, 2.24) is 15.1 Å². The van der Waals surface area contributed by atoms with Crippen molar-refractivity contribution < 1.29 is 0 Å². The van der Waals surface area contributed by atoms with Crippen molar-refractivity contribution in [2.75, 3.05) is 11.9 Å². The summed E-state index contributed by atoms with van der Waals surface area (Å²) in [5, 5.41) is 18.8. The van der Waals surface area contributed by atoms with E-state index in [1.807, 2.05) is 12.3 Å². The molecule has 0 fully saturated rings. The normalized spacial score (nSPS) is 22.2.